The van der Waals surface area contributed by atoms with E-state index in [9.17, 15) is 9.59 Å². The van der Waals surface area contributed by atoms with Crippen LogP contribution >= 0.6 is 11.6 Å². The van der Waals surface area contributed by atoms with Gasteiger partial charge in [0.15, 0.2) is 0 Å². The number of rotatable bonds is 4. The van der Waals surface area contributed by atoms with Gasteiger partial charge in [-0.1, -0.05) is 11.6 Å². The fourth-order valence-electron chi connectivity index (χ4n) is 1.07. The number of nitrogens with one attached hydrogen (secondary N) is 2. The van der Waals surface area contributed by atoms with E-state index < -0.39 is 11.2 Å². The van der Waals surface area contributed by atoms with Crippen LogP contribution in [0.3, 0.4) is 0 Å². The van der Waals surface area contributed by atoms with Crippen LogP contribution in [0.15, 0.2) is 15.8 Å². The molecule has 0 aromatic carbocycles. The lowest BCUT2D eigenvalue weighted by Gasteiger charge is -2.04. The maximum Gasteiger partial charge on any atom is 0.328 e. The molecule has 1 aromatic rings. The summed E-state index contributed by atoms with van der Waals surface area (Å²) in [5.74, 6) is 0. The molecule has 1 rings (SSSR count). The average Bonchev–Trinajstić information content (AvgIpc) is 2.14. The number of nitrogens with zero attached hydrogens (tertiary/aromatic N) is 1. The average molecular weight is 218 g/mol. The monoisotopic (exact) mass is 217 g/mol. The first-order valence-corrected chi connectivity index (χ1v) is 4.67. The minimum Gasteiger partial charge on any atom is -0.320 e. The summed E-state index contributed by atoms with van der Waals surface area (Å²) < 4.78 is 1.39. The molecule has 2 N–H and O–H groups in total. The quantitative estimate of drug-likeness (QED) is 0.687. The fraction of sp³-hybridized carbons (Fsp3) is 0.500. The molecule has 0 saturated carbocycles. The first-order chi connectivity index (χ1) is 6.65. The maximum atomic E-state index is 11.2. The molecular formula is C8H12ClN3O2. The molecule has 0 fully saturated rings. The predicted molar refractivity (Wildman–Crippen MR) is 54.9 cm³/mol. The molecule has 0 spiro atoms. The van der Waals surface area contributed by atoms with E-state index >= 15 is 0 Å². The van der Waals surface area contributed by atoms with Crippen molar-refractivity contribution in [2.75, 3.05) is 13.6 Å². The lowest BCUT2D eigenvalue weighted by atomic mass is 10.4. The molecule has 1 heterocycles. The van der Waals surface area contributed by atoms with Crippen LogP contribution in [0.2, 0.25) is 5.02 Å². The van der Waals surface area contributed by atoms with Crippen molar-refractivity contribution in [2.45, 2.75) is 13.0 Å². The largest absolute Gasteiger partial charge is 0.328 e. The van der Waals surface area contributed by atoms with Gasteiger partial charge in [0.25, 0.3) is 5.56 Å². The minimum absolute atomic E-state index is 0.0362. The van der Waals surface area contributed by atoms with E-state index in [4.69, 9.17) is 11.6 Å². The Morgan fingerprint density at radius 3 is 2.93 bits per heavy atom. The summed E-state index contributed by atoms with van der Waals surface area (Å²) in [6.45, 7) is 1.35. The summed E-state index contributed by atoms with van der Waals surface area (Å²) in [6.07, 6.45) is 2.16. The van der Waals surface area contributed by atoms with Gasteiger partial charge in [-0.15, -0.1) is 0 Å². The predicted octanol–water partition coefficient (Wildman–Crippen LogP) is -0.201. The van der Waals surface area contributed by atoms with Crippen molar-refractivity contribution in [1.82, 2.24) is 14.9 Å². The van der Waals surface area contributed by atoms with E-state index in [-0.39, 0.29) is 5.02 Å². The number of hydrogen-bond donors (Lipinski definition) is 2. The number of aryl methyl sites for hydroxylation is 1. The Bertz CT molecular complexity index is 410. The highest BCUT2D eigenvalue weighted by molar-refractivity contribution is 6.30. The highest BCUT2D eigenvalue weighted by Gasteiger charge is 2.00. The number of H-pyrrole nitrogens is 1. The maximum absolute atomic E-state index is 11.2. The van der Waals surface area contributed by atoms with Crippen LogP contribution in [-0.4, -0.2) is 23.1 Å². The molecule has 0 unspecified atom stereocenters. The van der Waals surface area contributed by atoms with E-state index in [2.05, 4.69) is 10.3 Å². The molecule has 0 atom stereocenters. The van der Waals surface area contributed by atoms with Gasteiger partial charge in [0, 0.05) is 12.7 Å². The summed E-state index contributed by atoms with van der Waals surface area (Å²) in [5.41, 5.74) is -0.961. The minimum atomic E-state index is -0.540. The van der Waals surface area contributed by atoms with Gasteiger partial charge >= 0.3 is 5.69 Å². The molecule has 6 heteroatoms. The van der Waals surface area contributed by atoms with Crippen molar-refractivity contribution in [3.05, 3.63) is 32.1 Å². The van der Waals surface area contributed by atoms with Gasteiger partial charge in [0.05, 0.1) is 0 Å². The topological polar surface area (TPSA) is 66.9 Å². The first-order valence-electron chi connectivity index (χ1n) is 4.29. The second kappa shape index (κ2) is 4.97. The summed E-state index contributed by atoms with van der Waals surface area (Å²) in [6, 6.07) is 0. The smallest absolute Gasteiger partial charge is 0.320 e. The molecular weight excluding hydrogens is 206 g/mol. The third kappa shape index (κ3) is 2.71. The third-order valence-corrected chi connectivity index (χ3v) is 2.06. The highest BCUT2D eigenvalue weighted by atomic mass is 35.5. The number of aromatic amines is 1. The molecule has 0 amide bonds. The van der Waals surface area contributed by atoms with Crippen molar-refractivity contribution in [3.63, 3.8) is 0 Å². The molecule has 0 aliphatic carbocycles. The molecule has 5 nitrogen and oxygen atoms in total. The number of hydrogen-bond acceptors (Lipinski definition) is 3. The Balaban J connectivity index is 2.82. The number of halogens is 1. The number of aromatic nitrogens is 2. The van der Waals surface area contributed by atoms with Gasteiger partial charge in [0.2, 0.25) is 0 Å². The summed E-state index contributed by atoms with van der Waals surface area (Å²) in [5, 5.41) is 3.00. The standard InChI is InChI=1S/C8H12ClN3O2/c1-10-3-2-4-12-5-6(9)7(13)11-8(12)14/h5,10H,2-4H2,1H3,(H,11,13,14). The Labute approximate surface area is 85.7 Å². The fourth-order valence-corrected chi connectivity index (χ4v) is 1.24. The zero-order valence-electron chi connectivity index (χ0n) is 7.84. The van der Waals surface area contributed by atoms with Crippen molar-refractivity contribution in [2.24, 2.45) is 0 Å². The zero-order chi connectivity index (χ0) is 10.6. The van der Waals surface area contributed by atoms with E-state index in [1.807, 2.05) is 7.05 Å². The second-order valence-corrected chi connectivity index (χ2v) is 3.29. The molecule has 0 radical (unpaired) electrons. The Morgan fingerprint density at radius 1 is 1.57 bits per heavy atom. The van der Waals surface area contributed by atoms with E-state index in [0.29, 0.717) is 6.54 Å². The second-order valence-electron chi connectivity index (χ2n) is 2.89. The van der Waals surface area contributed by atoms with Gasteiger partial charge in [0.1, 0.15) is 5.02 Å². The SMILES string of the molecule is CNCCCn1cc(Cl)c(=O)[nH]c1=O. The van der Waals surface area contributed by atoms with Gasteiger partial charge in [-0.2, -0.15) is 0 Å². The lowest BCUT2D eigenvalue weighted by molar-refractivity contribution is 0.584. The van der Waals surface area contributed by atoms with Crippen LogP contribution in [0.25, 0.3) is 0 Å². The van der Waals surface area contributed by atoms with Crippen LogP contribution in [0.1, 0.15) is 6.42 Å². The van der Waals surface area contributed by atoms with Crippen molar-refractivity contribution >= 4 is 11.6 Å². The van der Waals surface area contributed by atoms with Crippen LogP contribution in [-0.2, 0) is 6.54 Å². The molecule has 0 aliphatic rings. The van der Waals surface area contributed by atoms with E-state index in [1.54, 1.807) is 0 Å². The molecule has 0 saturated heterocycles. The molecule has 1 aromatic heterocycles. The van der Waals surface area contributed by atoms with Gasteiger partial charge in [-0.25, -0.2) is 4.79 Å². The molecule has 78 valence electrons. The van der Waals surface area contributed by atoms with Crippen molar-refractivity contribution in [1.29, 1.82) is 0 Å². The van der Waals surface area contributed by atoms with E-state index in [1.165, 1.54) is 10.8 Å². The van der Waals surface area contributed by atoms with Crippen LogP contribution in [0, 0.1) is 0 Å². The van der Waals surface area contributed by atoms with Crippen molar-refractivity contribution in [3.8, 4) is 0 Å². The van der Waals surface area contributed by atoms with Gasteiger partial charge in [-0.05, 0) is 20.0 Å². The Morgan fingerprint density at radius 2 is 2.29 bits per heavy atom. The lowest BCUT2D eigenvalue weighted by Crippen LogP contribution is -2.30. The third-order valence-electron chi connectivity index (χ3n) is 1.79. The molecule has 0 aliphatic heterocycles. The first kappa shape index (κ1) is 11.0. The van der Waals surface area contributed by atoms with Gasteiger partial charge in [-0.3, -0.25) is 14.3 Å². The summed E-state index contributed by atoms with van der Waals surface area (Å²) in [7, 11) is 1.84. The summed E-state index contributed by atoms with van der Waals surface area (Å²) in [4.78, 5) is 24.3. The molecule has 14 heavy (non-hydrogen) atoms. The van der Waals surface area contributed by atoms with Crippen LogP contribution in [0.4, 0.5) is 0 Å². The van der Waals surface area contributed by atoms with Gasteiger partial charge < -0.3 is 5.32 Å². The zero-order valence-corrected chi connectivity index (χ0v) is 8.60. The van der Waals surface area contributed by atoms with Crippen LogP contribution in [0.5, 0.6) is 0 Å². The molecule has 0 bridgehead atoms. The summed E-state index contributed by atoms with van der Waals surface area (Å²) >= 11 is 5.58. The normalized spacial score (nSPS) is 10.4. The van der Waals surface area contributed by atoms with Crippen LogP contribution < -0.4 is 16.6 Å². The Kier molecular flexibility index (Phi) is 3.91. The van der Waals surface area contributed by atoms with E-state index in [0.717, 1.165) is 13.0 Å². The highest BCUT2D eigenvalue weighted by Crippen LogP contribution is 1.96. The van der Waals surface area contributed by atoms with Crippen molar-refractivity contribution < 1.29 is 0 Å². The Hall–Kier alpha value is -1.07.